The van der Waals surface area contributed by atoms with Crippen molar-refractivity contribution in [1.82, 2.24) is 36.9 Å². The Hall–Kier alpha value is -0.457. The topological polar surface area (TPSA) is 305 Å². The Bertz CT molecular complexity index is 38.4. The Morgan fingerprint density at radius 1 is 0.917 bits per heavy atom. The predicted octanol–water partition coefficient (Wildman–Crippen LogP) is -0.203. The van der Waals surface area contributed by atoms with Crippen molar-refractivity contribution in [3.63, 3.8) is 0 Å². The van der Waals surface area contributed by atoms with Crippen molar-refractivity contribution in [2.24, 2.45) is 0 Å². The summed E-state index contributed by atoms with van der Waals surface area (Å²) in [4.78, 5) is 8.36. The van der Waals surface area contributed by atoms with E-state index in [4.69, 9.17) is 15.3 Å². The normalized spacial score (nSPS) is 2.00. The van der Waals surface area contributed by atoms with Gasteiger partial charge in [0.25, 0.3) is 5.09 Å². The molecule has 0 aromatic rings. The van der Waals surface area contributed by atoms with Crippen molar-refractivity contribution >= 4 is 0 Å². The summed E-state index contributed by atoms with van der Waals surface area (Å²) in [6.07, 6.45) is 0. The van der Waals surface area contributed by atoms with Gasteiger partial charge >= 0.3 is 0 Å². The zero-order valence-electron chi connectivity index (χ0n) is 6.79. The van der Waals surface area contributed by atoms with Gasteiger partial charge in [0.1, 0.15) is 0 Å². The molecule has 12 heavy (non-hydrogen) atoms. The van der Waals surface area contributed by atoms with Crippen LogP contribution >= 0.6 is 0 Å². The van der Waals surface area contributed by atoms with E-state index in [0.717, 1.165) is 0 Å². The van der Waals surface area contributed by atoms with Crippen LogP contribution < -0.4 is 36.9 Å². The van der Waals surface area contributed by atoms with Gasteiger partial charge in [0.2, 0.25) is 0 Å². The fourth-order valence-electron chi connectivity index (χ4n) is 0. The van der Waals surface area contributed by atoms with E-state index in [0.29, 0.717) is 0 Å². The third kappa shape index (κ3) is 3340. The summed E-state index contributed by atoms with van der Waals surface area (Å²) < 4.78 is 0. The summed E-state index contributed by atoms with van der Waals surface area (Å²) in [6.45, 7) is 0. The Morgan fingerprint density at radius 2 is 0.917 bits per heavy atom. The quantitative estimate of drug-likeness (QED) is 0.175. The summed E-state index contributed by atoms with van der Waals surface area (Å²) in [7, 11) is 0. The maximum Gasteiger partial charge on any atom is 0.291 e. The van der Waals surface area contributed by atoms with Gasteiger partial charge in [-0.15, -0.1) is 10.1 Å². The second-order valence-corrected chi connectivity index (χ2v) is 0.238. The molecule has 21 N–H and O–H groups in total. The molecule has 0 atom stereocenters. The van der Waals surface area contributed by atoms with E-state index >= 15 is 0 Å². The standard InChI is InChI=1S/HNO3.6H3N.H2O.Rh/c2-1(3)4;;;;;;;;/h(H,2,3,4);6*1H3;1H2;. The SMILES string of the molecule is N.N.N.N.N.N.O.O=[N+]([O-])O.[Rh]. The van der Waals surface area contributed by atoms with Gasteiger partial charge in [-0.05, 0) is 0 Å². The summed E-state index contributed by atoms with van der Waals surface area (Å²) in [6, 6.07) is 0. The zero-order valence-corrected chi connectivity index (χ0v) is 8.43. The smallest absolute Gasteiger partial charge is 0.291 e. The van der Waals surface area contributed by atoms with Crippen molar-refractivity contribution in [2.45, 2.75) is 0 Å². The van der Waals surface area contributed by atoms with Crippen LogP contribution in [0, 0.1) is 10.1 Å². The summed E-state index contributed by atoms with van der Waals surface area (Å²) >= 11 is 0. The molecule has 0 unspecified atom stereocenters. The van der Waals surface area contributed by atoms with Gasteiger partial charge in [-0.1, -0.05) is 0 Å². The Balaban J connectivity index is -0.00000000161. The van der Waals surface area contributed by atoms with Crippen molar-refractivity contribution in [3.8, 4) is 0 Å². The molecule has 11 nitrogen and oxygen atoms in total. The van der Waals surface area contributed by atoms with Gasteiger partial charge in [0, 0.05) is 19.5 Å². The van der Waals surface area contributed by atoms with Crippen LogP contribution in [-0.4, -0.2) is 15.8 Å². The average molecular weight is 286 g/mol. The van der Waals surface area contributed by atoms with Gasteiger partial charge in [-0.3, -0.25) is 0 Å². The third-order valence-electron chi connectivity index (χ3n) is 0. The molecule has 12 heteroatoms. The fraction of sp³-hybridized carbons (Fsp3) is 0. The number of hydrogen-bond acceptors (Lipinski definition) is 8. The first-order valence-electron chi connectivity index (χ1n) is 0.565. The maximum absolute atomic E-state index is 8.36. The zero-order chi connectivity index (χ0) is 3.58. The van der Waals surface area contributed by atoms with E-state index < -0.39 is 5.09 Å². The first-order chi connectivity index (χ1) is 1.73. The summed E-state index contributed by atoms with van der Waals surface area (Å²) in [5, 5.41) is 13.6. The number of rotatable bonds is 0. The van der Waals surface area contributed by atoms with Crippen LogP contribution in [0.1, 0.15) is 0 Å². The second kappa shape index (κ2) is 148. The van der Waals surface area contributed by atoms with Crippen LogP contribution in [0.2, 0.25) is 0 Å². The van der Waals surface area contributed by atoms with E-state index in [9.17, 15) is 0 Å². The van der Waals surface area contributed by atoms with Crippen molar-refractivity contribution in [2.75, 3.05) is 0 Å². The van der Waals surface area contributed by atoms with E-state index in [1.165, 1.54) is 0 Å². The monoisotopic (exact) mass is 286 g/mol. The molecule has 0 aromatic carbocycles. The van der Waals surface area contributed by atoms with Crippen LogP contribution in [-0.2, 0) is 19.5 Å². The van der Waals surface area contributed by atoms with Crippen molar-refractivity contribution in [1.29, 1.82) is 0 Å². The minimum absolute atomic E-state index is 0. The summed E-state index contributed by atoms with van der Waals surface area (Å²) in [5.74, 6) is 0. The Kier molecular flexibility index (Phi) is 2450. The molecular weight excluding hydrogens is 265 g/mol. The third-order valence-corrected chi connectivity index (χ3v) is 0. The van der Waals surface area contributed by atoms with E-state index in [2.05, 4.69) is 0 Å². The molecule has 0 bridgehead atoms. The van der Waals surface area contributed by atoms with E-state index in [1.54, 1.807) is 0 Å². The first kappa shape index (κ1) is 198. The maximum atomic E-state index is 8.36. The number of hydrogen-bond donors (Lipinski definition) is 7. The average Bonchev–Trinajstić information content (AvgIpc) is 0.811. The number of nitrogens with zero attached hydrogens (tertiary/aromatic N) is 1. The molecular formula is H21N7O4Rh. The molecule has 0 saturated heterocycles. The molecule has 0 aliphatic rings. The van der Waals surface area contributed by atoms with Gasteiger partial charge in [0.05, 0.1) is 0 Å². The fourth-order valence-corrected chi connectivity index (χ4v) is 0. The molecule has 0 aromatic heterocycles. The van der Waals surface area contributed by atoms with Crippen molar-refractivity contribution < 1.29 is 35.2 Å². The van der Waals surface area contributed by atoms with Gasteiger partial charge in [-0.2, -0.15) is 0 Å². The molecule has 0 amide bonds. The largest absolute Gasteiger partial charge is 0.412 e. The molecule has 0 rings (SSSR count). The predicted molar refractivity (Wildman–Crippen MR) is 42.5 cm³/mol. The molecule has 0 aliphatic heterocycles. The Labute approximate surface area is 83.0 Å². The van der Waals surface area contributed by atoms with Crippen LogP contribution in [0.5, 0.6) is 0 Å². The Morgan fingerprint density at radius 3 is 0.917 bits per heavy atom. The van der Waals surface area contributed by atoms with Crippen LogP contribution in [0.15, 0.2) is 0 Å². The van der Waals surface area contributed by atoms with E-state index in [1.807, 2.05) is 0 Å². The minimum atomic E-state index is -1.50. The molecule has 0 fully saturated rings. The van der Waals surface area contributed by atoms with E-state index in [-0.39, 0.29) is 61.9 Å². The summed E-state index contributed by atoms with van der Waals surface area (Å²) in [5.41, 5.74) is 0. The molecule has 0 heterocycles. The van der Waals surface area contributed by atoms with Crippen LogP contribution in [0.3, 0.4) is 0 Å². The second-order valence-electron chi connectivity index (χ2n) is 0.238. The molecule has 89 valence electrons. The molecule has 0 saturated carbocycles. The van der Waals surface area contributed by atoms with Gasteiger partial charge in [-0.25, -0.2) is 0 Å². The van der Waals surface area contributed by atoms with Crippen molar-refractivity contribution in [3.05, 3.63) is 10.1 Å². The molecule has 0 spiro atoms. The molecule has 1 radical (unpaired) electrons. The minimum Gasteiger partial charge on any atom is -0.412 e. The van der Waals surface area contributed by atoms with Gasteiger partial charge < -0.3 is 47.6 Å². The van der Waals surface area contributed by atoms with Crippen LogP contribution in [0.25, 0.3) is 0 Å². The van der Waals surface area contributed by atoms with Gasteiger partial charge in [0.15, 0.2) is 0 Å². The molecule has 0 aliphatic carbocycles. The first-order valence-corrected chi connectivity index (χ1v) is 0.565. The van der Waals surface area contributed by atoms with Crippen LogP contribution in [0.4, 0.5) is 0 Å².